The molecule has 0 unspecified atom stereocenters. The molecule has 1 radical (unpaired) electrons. The van der Waals surface area contributed by atoms with E-state index in [1.165, 1.54) is 13.0 Å². The van der Waals surface area contributed by atoms with Crippen LogP contribution in [0.25, 0.3) is 0 Å². The molecule has 1 fully saturated rings. The zero-order valence-electron chi connectivity index (χ0n) is 6.42. The topological polar surface area (TPSA) is 52.6 Å². The van der Waals surface area contributed by atoms with E-state index in [1.54, 1.807) is 5.01 Å². The predicted octanol–water partition coefficient (Wildman–Crippen LogP) is -0.425. The predicted molar refractivity (Wildman–Crippen MR) is 47.6 cm³/mol. The number of rotatable bonds is 2. The Hall–Kier alpha value is 0.390. The van der Waals surface area contributed by atoms with Crippen LogP contribution >= 0.6 is 0 Å². The molecule has 0 aromatic heterocycles. The number of hydrogen-bond donors (Lipinski definition) is 2. The average Bonchev–Trinajstić information content (AvgIpc) is 2.14. The van der Waals surface area contributed by atoms with Crippen molar-refractivity contribution in [2.45, 2.75) is 19.3 Å². The zero-order valence-corrected chi connectivity index (χ0v) is 6.42. The van der Waals surface area contributed by atoms with Crippen LogP contribution < -0.4 is 5.43 Å². The molecule has 12 heavy (non-hydrogen) atoms. The first-order valence-electron chi connectivity index (χ1n) is 3.87. The number of carbonyl (C=O) groups is 1. The number of hydrazine groups is 1. The van der Waals surface area contributed by atoms with Crippen LogP contribution in [0.3, 0.4) is 0 Å². The first-order valence-corrected chi connectivity index (χ1v) is 3.87. The van der Waals surface area contributed by atoms with E-state index in [0.717, 1.165) is 25.9 Å². The first-order chi connectivity index (χ1) is 5.29. The van der Waals surface area contributed by atoms with Gasteiger partial charge in [0, 0.05) is 13.1 Å². The summed E-state index contributed by atoms with van der Waals surface area (Å²) >= 11 is 0. The summed E-state index contributed by atoms with van der Waals surface area (Å²) in [4.78, 5) is 10.2. The molecule has 0 aromatic carbocycles. The van der Waals surface area contributed by atoms with Crippen molar-refractivity contribution < 1.29 is 9.90 Å². The Bertz CT molecular complexity index is 135. The van der Waals surface area contributed by atoms with E-state index in [-0.39, 0.29) is 29.6 Å². The molecule has 1 rings (SSSR count). The van der Waals surface area contributed by atoms with Crippen molar-refractivity contribution >= 4 is 35.5 Å². The average molecular weight is 181 g/mol. The van der Waals surface area contributed by atoms with Crippen molar-refractivity contribution in [3.05, 3.63) is 6.54 Å². The van der Waals surface area contributed by atoms with Crippen molar-refractivity contribution in [3.63, 3.8) is 0 Å². The number of carboxylic acids is 1. The van der Waals surface area contributed by atoms with E-state index in [0.29, 0.717) is 0 Å². The Morgan fingerprint density at radius 3 is 2.83 bits per heavy atom. The van der Waals surface area contributed by atoms with Gasteiger partial charge in [-0.2, -0.15) is 0 Å². The quantitative estimate of drug-likeness (QED) is 0.568. The maximum atomic E-state index is 10.2. The summed E-state index contributed by atoms with van der Waals surface area (Å²) in [6.45, 7) is 2.86. The van der Waals surface area contributed by atoms with Crippen LogP contribution in [-0.2, 0) is 4.79 Å². The fourth-order valence-electron chi connectivity index (χ4n) is 1.13. The van der Waals surface area contributed by atoms with Gasteiger partial charge >= 0.3 is 35.5 Å². The van der Waals surface area contributed by atoms with Crippen LogP contribution in [0.15, 0.2) is 0 Å². The van der Waals surface area contributed by atoms with E-state index in [4.69, 9.17) is 5.11 Å². The van der Waals surface area contributed by atoms with Crippen molar-refractivity contribution in [1.82, 2.24) is 10.4 Å². The Kier molecular flexibility index (Phi) is 7.08. The Balaban J connectivity index is 0.00000121. The van der Waals surface area contributed by atoms with Gasteiger partial charge in [0.05, 0.1) is 0 Å². The second-order valence-corrected chi connectivity index (χ2v) is 2.63. The van der Waals surface area contributed by atoms with E-state index in [9.17, 15) is 4.79 Å². The van der Waals surface area contributed by atoms with Crippen LogP contribution in [0.2, 0.25) is 0 Å². The van der Waals surface area contributed by atoms with E-state index in [1.807, 2.05) is 0 Å². The summed E-state index contributed by atoms with van der Waals surface area (Å²) in [7, 11) is 0. The van der Waals surface area contributed by atoms with Crippen molar-refractivity contribution in [3.8, 4) is 0 Å². The summed E-state index contributed by atoms with van der Waals surface area (Å²) in [6.07, 6.45) is 3.37. The number of nitrogens with zero attached hydrogens (tertiary/aromatic N) is 1. The van der Waals surface area contributed by atoms with Crippen LogP contribution in [0, 0.1) is 6.54 Å². The van der Waals surface area contributed by atoms with E-state index < -0.39 is 5.97 Å². The molecule has 0 spiro atoms. The SMILES string of the molecule is O=C(O)[CH]N1CCCCCN1.[NaH]. The van der Waals surface area contributed by atoms with Crippen molar-refractivity contribution in [2.75, 3.05) is 13.1 Å². The van der Waals surface area contributed by atoms with E-state index >= 15 is 0 Å². The van der Waals surface area contributed by atoms with Gasteiger partial charge in [-0.25, -0.2) is 5.01 Å². The first kappa shape index (κ1) is 12.4. The summed E-state index contributed by atoms with van der Waals surface area (Å²) in [6, 6.07) is 0. The van der Waals surface area contributed by atoms with Gasteiger partial charge in [0.25, 0.3) is 0 Å². The molecular weight excluding hydrogens is 167 g/mol. The molecule has 1 aliphatic heterocycles. The maximum absolute atomic E-state index is 10.2. The molecule has 1 saturated heterocycles. The van der Waals surface area contributed by atoms with Gasteiger partial charge in [-0.05, 0) is 12.8 Å². The van der Waals surface area contributed by atoms with Crippen LogP contribution in [0.4, 0.5) is 0 Å². The van der Waals surface area contributed by atoms with Crippen molar-refractivity contribution in [1.29, 1.82) is 0 Å². The molecule has 0 amide bonds. The van der Waals surface area contributed by atoms with E-state index in [2.05, 4.69) is 5.43 Å². The van der Waals surface area contributed by atoms with Gasteiger partial charge in [-0.3, -0.25) is 10.2 Å². The fraction of sp³-hybridized carbons (Fsp3) is 0.714. The Morgan fingerprint density at radius 2 is 2.17 bits per heavy atom. The van der Waals surface area contributed by atoms with Gasteiger partial charge in [-0.1, -0.05) is 6.42 Å². The third kappa shape index (κ3) is 5.11. The van der Waals surface area contributed by atoms with Crippen LogP contribution in [0.1, 0.15) is 19.3 Å². The monoisotopic (exact) mass is 181 g/mol. The molecule has 2 N–H and O–H groups in total. The third-order valence-corrected chi connectivity index (χ3v) is 1.66. The van der Waals surface area contributed by atoms with Crippen molar-refractivity contribution in [2.24, 2.45) is 0 Å². The summed E-state index contributed by atoms with van der Waals surface area (Å²) < 4.78 is 0. The molecule has 0 bridgehead atoms. The molecule has 0 saturated carbocycles. The minimum absolute atomic E-state index is 0. The van der Waals surface area contributed by atoms with Gasteiger partial charge in [0.1, 0.15) is 6.54 Å². The molecule has 65 valence electrons. The van der Waals surface area contributed by atoms with Gasteiger partial charge < -0.3 is 5.11 Å². The Morgan fingerprint density at radius 1 is 1.42 bits per heavy atom. The minimum atomic E-state index is -0.889. The second-order valence-electron chi connectivity index (χ2n) is 2.63. The summed E-state index contributed by atoms with van der Waals surface area (Å²) in [5.74, 6) is -0.889. The number of aliphatic carboxylic acids is 1. The molecule has 0 aliphatic carbocycles. The molecule has 4 nitrogen and oxygen atoms in total. The third-order valence-electron chi connectivity index (χ3n) is 1.66. The molecule has 1 aliphatic rings. The number of hydrogen-bond acceptors (Lipinski definition) is 3. The molecule has 0 atom stereocenters. The van der Waals surface area contributed by atoms with Gasteiger partial charge in [0.15, 0.2) is 0 Å². The van der Waals surface area contributed by atoms with Crippen LogP contribution in [0.5, 0.6) is 0 Å². The summed E-state index contributed by atoms with van der Waals surface area (Å²) in [5, 5.41) is 10.1. The molecule has 5 heteroatoms. The summed E-state index contributed by atoms with van der Waals surface area (Å²) in [5.41, 5.74) is 3.01. The number of nitrogens with one attached hydrogen (secondary N) is 1. The second kappa shape index (κ2) is 6.86. The fourth-order valence-corrected chi connectivity index (χ4v) is 1.13. The standard InChI is InChI=1S/C7H13N2O2.Na.H/c10-7(11)6-9-5-3-1-2-4-8-9;;/h6,8H,1-5H2,(H,10,11);;. The molecule has 0 aromatic rings. The molecular formula is C7H14N2NaO2. The number of carboxylic acid groups (broad SMARTS) is 1. The van der Waals surface area contributed by atoms with Gasteiger partial charge in [0.2, 0.25) is 0 Å². The normalized spacial score (nSPS) is 19.3. The molecule has 1 heterocycles. The zero-order chi connectivity index (χ0) is 8.10. The Labute approximate surface area is 94.6 Å². The van der Waals surface area contributed by atoms with Gasteiger partial charge in [-0.15, -0.1) is 0 Å². The van der Waals surface area contributed by atoms with Crippen LogP contribution in [-0.4, -0.2) is 58.7 Å².